The Hall–Kier alpha value is -3.32. The number of furan rings is 1. The van der Waals surface area contributed by atoms with Gasteiger partial charge in [0.15, 0.2) is 5.58 Å². The summed E-state index contributed by atoms with van der Waals surface area (Å²) < 4.78 is 12.5. The van der Waals surface area contributed by atoms with Gasteiger partial charge in [-0.2, -0.15) is 0 Å². The summed E-state index contributed by atoms with van der Waals surface area (Å²) in [6.45, 7) is 1.94. The highest BCUT2D eigenvalue weighted by Gasteiger charge is 2.13. The lowest BCUT2D eigenvalue weighted by Gasteiger charge is -2.01. The van der Waals surface area contributed by atoms with Crippen molar-refractivity contribution >= 4 is 67.9 Å². The van der Waals surface area contributed by atoms with Gasteiger partial charge in [0, 0.05) is 26.8 Å². The number of hydrogen-bond acceptors (Lipinski definition) is 4. The minimum Gasteiger partial charge on any atom is -0.457 e. The molecule has 2 heterocycles. The van der Waals surface area contributed by atoms with Crippen molar-refractivity contribution < 1.29 is 13.6 Å². The van der Waals surface area contributed by atoms with E-state index in [1.54, 1.807) is 36.4 Å². The number of carbonyl (C=O) groups excluding carboxylic acids is 1. The molecule has 0 unspecified atom stereocenters. The molecule has 5 aromatic rings. The quantitative estimate of drug-likeness (QED) is 0.215. The van der Waals surface area contributed by atoms with Crippen LogP contribution in [0.1, 0.15) is 11.3 Å². The zero-order valence-corrected chi connectivity index (χ0v) is 21.4. The number of nitrogens with zero attached hydrogens (tertiary/aromatic N) is 1. The van der Waals surface area contributed by atoms with Crippen LogP contribution in [0.5, 0.6) is 0 Å². The Morgan fingerprint density at radius 2 is 1.83 bits per heavy atom. The molecular weight excluding hydrogens is 551 g/mol. The number of nitrogens with one attached hydrogen (secondary N) is 1. The molecule has 174 valence electrons. The molecule has 0 saturated carbocycles. The summed E-state index contributed by atoms with van der Waals surface area (Å²) in [4.78, 5) is 17.0. The van der Waals surface area contributed by atoms with E-state index in [9.17, 15) is 4.79 Å². The van der Waals surface area contributed by atoms with Gasteiger partial charge in [0.2, 0.25) is 11.8 Å². The number of carbonyl (C=O) groups is 1. The molecule has 3 aromatic carbocycles. The number of rotatable bonds is 5. The van der Waals surface area contributed by atoms with Crippen LogP contribution in [0.25, 0.3) is 40.0 Å². The first-order valence-electron chi connectivity index (χ1n) is 10.6. The summed E-state index contributed by atoms with van der Waals surface area (Å²) in [5.41, 5.74) is 4.32. The van der Waals surface area contributed by atoms with Crippen molar-refractivity contribution in [3.63, 3.8) is 0 Å². The molecule has 5 rings (SSSR count). The van der Waals surface area contributed by atoms with Gasteiger partial charge in [0.1, 0.15) is 17.0 Å². The van der Waals surface area contributed by atoms with E-state index in [0.29, 0.717) is 49.8 Å². The van der Waals surface area contributed by atoms with E-state index in [2.05, 4.69) is 26.2 Å². The average Bonchev–Trinajstić information content (AvgIpc) is 3.48. The molecule has 5 nitrogen and oxygen atoms in total. The number of aromatic nitrogens is 1. The normalized spacial score (nSPS) is 11.4. The van der Waals surface area contributed by atoms with Gasteiger partial charge in [0.25, 0.3) is 0 Å². The standard InChI is InChI=1S/C27H17BrCl2N2O3/c1-15-2-3-16(12-22(15)30)24-10-6-19(34-24)7-11-26(33)31-18-5-9-25-23(14-18)32-27(35-25)20-13-17(28)4-8-21(20)29/h2-14H,1H3,(H,31,33)/b11-7+. The highest BCUT2D eigenvalue weighted by molar-refractivity contribution is 9.10. The number of aryl methyl sites for hydroxylation is 1. The lowest BCUT2D eigenvalue weighted by Crippen LogP contribution is -2.07. The predicted molar refractivity (Wildman–Crippen MR) is 144 cm³/mol. The van der Waals surface area contributed by atoms with E-state index < -0.39 is 0 Å². The van der Waals surface area contributed by atoms with Gasteiger partial charge in [0.05, 0.1) is 10.6 Å². The molecular formula is C27H17BrCl2N2O3. The second kappa shape index (κ2) is 9.74. The molecule has 0 saturated heterocycles. The minimum absolute atomic E-state index is 0.306. The first kappa shape index (κ1) is 23.4. The first-order valence-corrected chi connectivity index (χ1v) is 12.1. The Kier molecular flexibility index (Phi) is 6.52. The summed E-state index contributed by atoms with van der Waals surface area (Å²) in [6, 6.07) is 20.1. The molecule has 8 heteroatoms. The summed E-state index contributed by atoms with van der Waals surface area (Å²) in [5, 5.41) is 4.03. The second-order valence-electron chi connectivity index (χ2n) is 7.81. The van der Waals surface area contributed by atoms with Crippen molar-refractivity contribution in [1.82, 2.24) is 4.98 Å². The Bertz CT molecular complexity index is 1600. The number of benzene rings is 3. The lowest BCUT2D eigenvalue weighted by molar-refractivity contribution is -0.111. The lowest BCUT2D eigenvalue weighted by atomic mass is 10.1. The van der Waals surface area contributed by atoms with Crippen molar-refractivity contribution in [2.75, 3.05) is 5.32 Å². The van der Waals surface area contributed by atoms with Gasteiger partial charge >= 0.3 is 0 Å². The molecule has 0 aliphatic heterocycles. The van der Waals surface area contributed by atoms with Crippen LogP contribution in [0.4, 0.5) is 5.69 Å². The molecule has 0 aliphatic rings. The third-order valence-electron chi connectivity index (χ3n) is 5.30. The van der Waals surface area contributed by atoms with Crippen LogP contribution in [0.3, 0.4) is 0 Å². The number of anilines is 1. The third kappa shape index (κ3) is 5.20. The maximum absolute atomic E-state index is 12.5. The van der Waals surface area contributed by atoms with Crippen molar-refractivity contribution in [1.29, 1.82) is 0 Å². The number of fused-ring (bicyclic) bond motifs is 1. The smallest absolute Gasteiger partial charge is 0.248 e. The largest absolute Gasteiger partial charge is 0.457 e. The zero-order valence-electron chi connectivity index (χ0n) is 18.3. The van der Waals surface area contributed by atoms with Crippen LogP contribution in [0, 0.1) is 6.92 Å². The zero-order chi connectivity index (χ0) is 24.5. The van der Waals surface area contributed by atoms with E-state index in [0.717, 1.165) is 15.6 Å². The summed E-state index contributed by atoms with van der Waals surface area (Å²) in [5.74, 6) is 1.32. The Balaban J connectivity index is 1.29. The Labute approximate surface area is 219 Å². The molecule has 0 bridgehead atoms. The van der Waals surface area contributed by atoms with Crippen LogP contribution in [0.15, 0.2) is 86.1 Å². The highest BCUT2D eigenvalue weighted by atomic mass is 79.9. The van der Waals surface area contributed by atoms with Crippen molar-refractivity contribution in [2.24, 2.45) is 0 Å². The average molecular weight is 568 g/mol. The maximum atomic E-state index is 12.5. The Morgan fingerprint density at radius 3 is 2.66 bits per heavy atom. The fourth-order valence-corrected chi connectivity index (χ4v) is 4.21. The van der Waals surface area contributed by atoms with E-state index in [4.69, 9.17) is 32.0 Å². The molecule has 0 fully saturated rings. The maximum Gasteiger partial charge on any atom is 0.248 e. The number of amides is 1. The third-order valence-corrected chi connectivity index (χ3v) is 6.53. The molecule has 1 amide bonds. The number of hydrogen-bond donors (Lipinski definition) is 1. The number of halogens is 3. The monoisotopic (exact) mass is 566 g/mol. The molecule has 0 radical (unpaired) electrons. The first-order chi connectivity index (χ1) is 16.9. The van der Waals surface area contributed by atoms with Crippen LogP contribution < -0.4 is 5.32 Å². The van der Waals surface area contributed by atoms with Crippen molar-refractivity contribution in [3.8, 4) is 22.8 Å². The summed E-state index contributed by atoms with van der Waals surface area (Å²) in [6.07, 6.45) is 3.01. The van der Waals surface area contributed by atoms with Crippen LogP contribution >= 0.6 is 39.1 Å². The van der Waals surface area contributed by atoms with E-state index in [1.165, 1.54) is 6.08 Å². The number of oxazole rings is 1. The van der Waals surface area contributed by atoms with Gasteiger partial charge in [-0.1, -0.05) is 51.3 Å². The topological polar surface area (TPSA) is 68.3 Å². The van der Waals surface area contributed by atoms with Gasteiger partial charge < -0.3 is 14.2 Å². The molecule has 1 N–H and O–H groups in total. The molecule has 0 aliphatic carbocycles. The molecule has 0 spiro atoms. The van der Waals surface area contributed by atoms with Crippen molar-refractivity contribution in [2.45, 2.75) is 6.92 Å². The SMILES string of the molecule is Cc1ccc(-c2ccc(/C=C/C(=O)Nc3ccc4oc(-c5cc(Br)ccc5Cl)nc4c3)o2)cc1Cl. The summed E-state index contributed by atoms with van der Waals surface area (Å²) >= 11 is 15.9. The minimum atomic E-state index is -0.306. The van der Waals surface area contributed by atoms with Crippen LogP contribution in [0.2, 0.25) is 10.0 Å². The Morgan fingerprint density at radius 1 is 0.971 bits per heavy atom. The van der Waals surface area contributed by atoms with Gasteiger partial charge in [-0.15, -0.1) is 0 Å². The van der Waals surface area contributed by atoms with Crippen LogP contribution in [-0.2, 0) is 4.79 Å². The van der Waals surface area contributed by atoms with Gasteiger partial charge in [-0.3, -0.25) is 4.79 Å². The second-order valence-corrected chi connectivity index (χ2v) is 9.54. The van der Waals surface area contributed by atoms with Gasteiger partial charge in [-0.25, -0.2) is 4.98 Å². The fourth-order valence-electron chi connectivity index (χ4n) is 3.47. The highest BCUT2D eigenvalue weighted by Crippen LogP contribution is 2.33. The van der Waals surface area contributed by atoms with E-state index in [1.807, 2.05) is 43.3 Å². The fraction of sp³-hybridized carbons (Fsp3) is 0.0370. The molecule has 2 aromatic heterocycles. The van der Waals surface area contributed by atoms with Crippen molar-refractivity contribution in [3.05, 3.63) is 98.6 Å². The summed E-state index contributed by atoms with van der Waals surface area (Å²) in [7, 11) is 0. The van der Waals surface area contributed by atoms with E-state index >= 15 is 0 Å². The van der Waals surface area contributed by atoms with Crippen LogP contribution in [-0.4, -0.2) is 10.9 Å². The van der Waals surface area contributed by atoms with Gasteiger partial charge in [-0.05, 0) is 73.2 Å². The molecule has 35 heavy (non-hydrogen) atoms. The molecule has 0 atom stereocenters. The predicted octanol–water partition coefficient (Wildman–Crippen LogP) is 8.78. The van der Waals surface area contributed by atoms with E-state index in [-0.39, 0.29) is 5.91 Å².